The molecule has 4 heteroatoms. The summed E-state index contributed by atoms with van der Waals surface area (Å²) in [4.78, 5) is 0. The zero-order valence-corrected chi connectivity index (χ0v) is 12.4. The Labute approximate surface area is 120 Å². The Morgan fingerprint density at radius 3 is 2.80 bits per heavy atom. The molecule has 2 rings (SSSR count). The number of nitrogens with one attached hydrogen (secondary N) is 1. The van der Waals surface area contributed by atoms with Crippen molar-refractivity contribution in [2.45, 2.75) is 19.5 Å². The van der Waals surface area contributed by atoms with E-state index in [1.165, 1.54) is 16.6 Å². The molecule has 0 aliphatic heterocycles. The number of benzene rings is 1. The van der Waals surface area contributed by atoms with Gasteiger partial charge in [0.15, 0.2) is 0 Å². The third-order valence-corrected chi connectivity index (χ3v) is 3.35. The molecule has 1 N–H and O–H groups in total. The van der Waals surface area contributed by atoms with Crippen LogP contribution in [0.4, 0.5) is 0 Å². The van der Waals surface area contributed by atoms with Gasteiger partial charge in [0.05, 0.1) is 6.61 Å². The second-order valence-electron chi connectivity index (χ2n) is 4.84. The molecule has 0 saturated heterocycles. The van der Waals surface area contributed by atoms with Crippen LogP contribution in [-0.4, -0.2) is 38.5 Å². The van der Waals surface area contributed by atoms with Crippen molar-refractivity contribution in [3.63, 3.8) is 0 Å². The Morgan fingerprint density at radius 1 is 1.15 bits per heavy atom. The van der Waals surface area contributed by atoms with Crippen molar-refractivity contribution in [2.75, 3.05) is 34.0 Å². The maximum absolute atomic E-state index is 5.67. The molecule has 2 aromatic rings. The van der Waals surface area contributed by atoms with Crippen LogP contribution < -0.4 is 5.32 Å². The Morgan fingerprint density at radius 2 is 2.00 bits per heavy atom. The third-order valence-electron chi connectivity index (χ3n) is 3.35. The van der Waals surface area contributed by atoms with Crippen molar-refractivity contribution in [1.29, 1.82) is 0 Å². The summed E-state index contributed by atoms with van der Waals surface area (Å²) in [6.45, 7) is 4.01. The minimum Gasteiger partial charge on any atom is -0.385 e. The van der Waals surface area contributed by atoms with E-state index in [2.05, 4.69) is 40.2 Å². The number of nitrogens with zero attached hydrogens (tertiary/aromatic N) is 1. The lowest BCUT2D eigenvalue weighted by Gasteiger charge is -2.11. The average molecular weight is 276 g/mol. The lowest BCUT2D eigenvalue weighted by Crippen LogP contribution is -2.14. The van der Waals surface area contributed by atoms with Gasteiger partial charge in [-0.2, -0.15) is 0 Å². The zero-order valence-electron chi connectivity index (χ0n) is 12.4. The molecule has 0 radical (unpaired) electrons. The second kappa shape index (κ2) is 8.04. The van der Waals surface area contributed by atoms with Gasteiger partial charge < -0.3 is 19.4 Å². The first kappa shape index (κ1) is 15.0. The van der Waals surface area contributed by atoms with E-state index in [0.29, 0.717) is 0 Å². The van der Waals surface area contributed by atoms with E-state index in [1.807, 2.05) is 7.05 Å². The summed E-state index contributed by atoms with van der Waals surface area (Å²) >= 11 is 0. The molecule has 1 aromatic carbocycles. The molecule has 0 aliphatic rings. The summed E-state index contributed by atoms with van der Waals surface area (Å²) in [6.07, 6.45) is 0.951. The van der Waals surface area contributed by atoms with Crippen molar-refractivity contribution < 1.29 is 9.47 Å². The van der Waals surface area contributed by atoms with Gasteiger partial charge in [-0.05, 0) is 31.0 Å². The summed E-state index contributed by atoms with van der Waals surface area (Å²) in [7, 11) is 3.69. The molecule has 0 bridgehead atoms. The fourth-order valence-electron chi connectivity index (χ4n) is 2.42. The second-order valence-corrected chi connectivity index (χ2v) is 4.84. The number of hydrogen-bond acceptors (Lipinski definition) is 3. The van der Waals surface area contributed by atoms with Gasteiger partial charge in [-0.1, -0.05) is 18.2 Å². The van der Waals surface area contributed by atoms with Crippen LogP contribution in [0.3, 0.4) is 0 Å². The van der Waals surface area contributed by atoms with Gasteiger partial charge in [0.2, 0.25) is 0 Å². The summed E-state index contributed by atoms with van der Waals surface area (Å²) in [5, 5.41) is 4.51. The maximum atomic E-state index is 5.67. The first-order valence-electron chi connectivity index (χ1n) is 7.15. The number of fused-ring (bicyclic) bond motifs is 1. The van der Waals surface area contributed by atoms with Crippen LogP contribution in [0.5, 0.6) is 0 Å². The van der Waals surface area contributed by atoms with Crippen molar-refractivity contribution in [1.82, 2.24) is 9.88 Å². The molecule has 20 heavy (non-hydrogen) atoms. The van der Waals surface area contributed by atoms with Crippen LogP contribution in [-0.2, 0) is 22.6 Å². The highest BCUT2D eigenvalue weighted by Crippen LogP contribution is 2.19. The molecule has 1 aromatic heterocycles. The highest BCUT2D eigenvalue weighted by atomic mass is 16.5. The summed E-state index contributed by atoms with van der Waals surface area (Å²) in [6, 6.07) is 10.7. The molecule has 0 unspecified atom stereocenters. The fraction of sp³-hybridized carbons (Fsp3) is 0.500. The predicted molar refractivity (Wildman–Crippen MR) is 82.0 cm³/mol. The van der Waals surface area contributed by atoms with Crippen molar-refractivity contribution >= 4 is 10.9 Å². The topological polar surface area (TPSA) is 35.4 Å². The first-order valence-corrected chi connectivity index (χ1v) is 7.15. The zero-order chi connectivity index (χ0) is 14.2. The highest BCUT2D eigenvalue weighted by Gasteiger charge is 2.07. The third kappa shape index (κ3) is 3.82. The Kier molecular flexibility index (Phi) is 6.05. The number of methoxy groups -OCH3 is 1. The lowest BCUT2D eigenvalue weighted by molar-refractivity contribution is 0.0978. The Balaban J connectivity index is 1.98. The molecule has 0 saturated carbocycles. The Bertz CT molecular complexity index is 522. The minimum absolute atomic E-state index is 0.735. The van der Waals surface area contributed by atoms with Crippen LogP contribution in [0.2, 0.25) is 0 Å². The van der Waals surface area contributed by atoms with Crippen LogP contribution in [0, 0.1) is 0 Å². The largest absolute Gasteiger partial charge is 0.385 e. The SMILES string of the molecule is CNCc1cc2ccccc2n1CCOCCCOC. The van der Waals surface area contributed by atoms with Crippen LogP contribution in [0.1, 0.15) is 12.1 Å². The van der Waals surface area contributed by atoms with E-state index in [1.54, 1.807) is 7.11 Å². The van der Waals surface area contributed by atoms with E-state index < -0.39 is 0 Å². The smallest absolute Gasteiger partial charge is 0.0645 e. The standard InChI is InChI=1S/C16H24N2O2/c1-17-13-15-12-14-6-3-4-7-16(14)18(15)8-11-20-10-5-9-19-2/h3-4,6-7,12,17H,5,8-11,13H2,1-2H3. The summed E-state index contributed by atoms with van der Waals surface area (Å²) in [5.41, 5.74) is 2.58. The molecular formula is C16H24N2O2. The minimum atomic E-state index is 0.735. The Hall–Kier alpha value is -1.36. The van der Waals surface area contributed by atoms with Gasteiger partial charge in [0, 0.05) is 44.6 Å². The predicted octanol–water partition coefficient (Wildman–Crippen LogP) is 2.41. The number of ether oxygens (including phenoxy) is 2. The van der Waals surface area contributed by atoms with Crippen LogP contribution in [0.25, 0.3) is 10.9 Å². The average Bonchev–Trinajstić information content (AvgIpc) is 2.81. The van der Waals surface area contributed by atoms with E-state index in [4.69, 9.17) is 9.47 Å². The van der Waals surface area contributed by atoms with Gasteiger partial charge in [-0.3, -0.25) is 0 Å². The van der Waals surface area contributed by atoms with Crippen LogP contribution >= 0.6 is 0 Å². The van der Waals surface area contributed by atoms with Gasteiger partial charge in [0.25, 0.3) is 0 Å². The molecule has 0 fully saturated rings. The lowest BCUT2D eigenvalue weighted by atomic mass is 10.2. The number of aromatic nitrogens is 1. The molecule has 0 spiro atoms. The van der Waals surface area contributed by atoms with Gasteiger partial charge in [-0.15, -0.1) is 0 Å². The first-order chi connectivity index (χ1) is 9.86. The number of rotatable bonds is 9. The number of hydrogen-bond donors (Lipinski definition) is 1. The van der Waals surface area contributed by atoms with Crippen molar-refractivity contribution in [2.24, 2.45) is 0 Å². The van der Waals surface area contributed by atoms with E-state index in [-0.39, 0.29) is 0 Å². The quantitative estimate of drug-likeness (QED) is 0.714. The summed E-state index contributed by atoms with van der Waals surface area (Å²) in [5.74, 6) is 0. The van der Waals surface area contributed by atoms with Gasteiger partial charge in [0.1, 0.15) is 0 Å². The molecule has 1 heterocycles. The van der Waals surface area contributed by atoms with Gasteiger partial charge >= 0.3 is 0 Å². The van der Waals surface area contributed by atoms with E-state index >= 15 is 0 Å². The highest BCUT2D eigenvalue weighted by molar-refractivity contribution is 5.81. The van der Waals surface area contributed by atoms with Crippen molar-refractivity contribution in [3.8, 4) is 0 Å². The molecule has 110 valence electrons. The van der Waals surface area contributed by atoms with E-state index in [0.717, 1.165) is 39.3 Å². The normalized spacial score (nSPS) is 11.3. The maximum Gasteiger partial charge on any atom is 0.0645 e. The molecule has 4 nitrogen and oxygen atoms in total. The van der Waals surface area contributed by atoms with E-state index in [9.17, 15) is 0 Å². The molecule has 0 aliphatic carbocycles. The molecule has 0 amide bonds. The number of para-hydroxylation sites is 1. The van der Waals surface area contributed by atoms with Crippen molar-refractivity contribution in [3.05, 3.63) is 36.0 Å². The molecular weight excluding hydrogens is 252 g/mol. The monoisotopic (exact) mass is 276 g/mol. The fourth-order valence-corrected chi connectivity index (χ4v) is 2.42. The van der Waals surface area contributed by atoms with Crippen LogP contribution in [0.15, 0.2) is 30.3 Å². The molecule has 0 atom stereocenters. The van der Waals surface area contributed by atoms with Gasteiger partial charge in [-0.25, -0.2) is 0 Å². The summed E-state index contributed by atoms with van der Waals surface area (Å²) < 4.78 is 13.0.